The first-order valence-corrected chi connectivity index (χ1v) is 8.14. The molecule has 2 rings (SSSR count). The molecular formula is C14H19IN2O2S. The average molecular weight is 406 g/mol. The van der Waals surface area contributed by atoms with Crippen LogP contribution in [-0.4, -0.2) is 59.7 Å². The maximum Gasteiger partial charge on any atom is 0.171 e. The van der Waals surface area contributed by atoms with E-state index >= 15 is 0 Å². The number of benzene rings is 1. The molecule has 0 aromatic heterocycles. The summed E-state index contributed by atoms with van der Waals surface area (Å²) in [5, 5.41) is 9.98. The third kappa shape index (κ3) is 3.53. The highest BCUT2D eigenvalue weighted by Crippen LogP contribution is 2.33. The lowest BCUT2D eigenvalue weighted by atomic mass is 10.1. The first-order valence-electron chi connectivity index (χ1n) is 6.66. The minimum atomic E-state index is 0.192. The number of piperazine rings is 1. The van der Waals surface area contributed by atoms with Gasteiger partial charge in [-0.3, -0.25) is 0 Å². The number of phenolic OH excluding ortho intramolecular Hbond substituents is 1. The van der Waals surface area contributed by atoms with Gasteiger partial charge in [-0.2, -0.15) is 0 Å². The van der Waals surface area contributed by atoms with Gasteiger partial charge in [-0.25, -0.2) is 0 Å². The quantitative estimate of drug-likeness (QED) is 0.616. The zero-order valence-corrected chi connectivity index (χ0v) is 14.7. The van der Waals surface area contributed by atoms with Gasteiger partial charge in [-0.15, -0.1) is 0 Å². The summed E-state index contributed by atoms with van der Waals surface area (Å²) >= 11 is 7.70. The van der Waals surface area contributed by atoms with Crippen LogP contribution in [0.15, 0.2) is 12.1 Å². The highest BCUT2D eigenvalue weighted by Gasteiger charge is 2.19. The molecule has 1 N–H and O–H groups in total. The molecule has 0 aliphatic carbocycles. The minimum absolute atomic E-state index is 0.192. The van der Waals surface area contributed by atoms with E-state index in [1.807, 2.05) is 19.1 Å². The van der Waals surface area contributed by atoms with Crippen LogP contribution in [0.5, 0.6) is 11.5 Å². The normalized spacial score (nSPS) is 16.2. The molecule has 0 unspecified atom stereocenters. The molecule has 0 atom stereocenters. The van der Waals surface area contributed by atoms with E-state index in [0.29, 0.717) is 12.4 Å². The van der Waals surface area contributed by atoms with Crippen LogP contribution in [0.3, 0.4) is 0 Å². The Balaban J connectivity index is 2.21. The Hall–Kier alpha value is -0.600. The maximum absolute atomic E-state index is 9.98. The van der Waals surface area contributed by atoms with Crippen LogP contribution in [0.4, 0.5) is 0 Å². The number of halogens is 1. The third-order valence-corrected chi connectivity index (χ3v) is 4.68. The molecule has 20 heavy (non-hydrogen) atoms. The molecule has 1 fully saturated rings. The Kier molecular flexibility index (Phi) is 5.45. The van der Waals surface area contributed by atoms with Crippen molar-refractivity contribution in [3.8, 4) is 11.5 Å². The second-order valence-corrected chi connectivity index (χ2v) is 6.38. The SMILES string of the molecule is CCOc1cc(C(=S)N2CCN(C)CC2)cc(I)c1O. The molecular weight excluding hydrogens is 387 g/mol. The van der Waals surface area contributed by atoms with E-state index < -0.39 is 0 Å². The predicted molar refractivity (Wildman–Crippen MR) is 92.8 cm³/mol. The van der Waals surface area contributed by atoms with Crippen molar-refractivity contribution < 1.29 is 9.84 Å². The average Bonchev–Trinajstić information content (AvgIpc) is 2.44. The summed E-state index contributed by atoms with van der Waals surface area (Å²) in [6, 6.07) is 3.75. The summed E-state index contributed by atoms with van der Waals surface area (Å²) < 4.78 is 6.24. The van der Waals surface area contributed by atoms with Gasteiger partial charge < -0.3 is 19.6 Å². The highest BCUT2D eigenvalue weighted by atomic mass is 127. The summed E-state index contributed by atoms with van der Waals surface area (Å²) in [5.41, 5.74) is 0.940. The van der Waals surface area contributed by atoms with Gasteiger partial charge in [-0.05, 0) is 48.7 Å². The smallest absolute Gasteiger partial charge is 0.171 e. The lowest BCUT2D eigenvalue weighted by Gasteiger charge is -2.34. The van der Waals surface area contributed by atoms with Gasteiger partial charge in [0.2, 0.25) is 0 Å². The van der Waals surface area contributed by atoms with Gasteiger partial charge >= 0.3 is 0 Å². The molecule has 1 aliphatic heterocycles. The van der Waals surface area contributed by atoms with Crippen LogP contribution in [0.1, 0.15) is 12.5 Å². The molecule has 4 nitrogen and oxygen atoms in total. The van der Waals surface area contributed by atoms with Crippen LogP contribution in [0.25, 0.3) is 0 Å². The van der Waals surface area contributed by atoms with E-state index in [-0.39, 0.29) is 5.75 Å². The molecule has 1 saturated heterocycles. The fourth-order valence-corrected chi connectivity index (χ4v) is 3.06. The number of nitrogens with zero attached hydrogens (tertiary/aromatic N) is 2. The fourth-order valence-electron chi connectivity index (χ4n) is 2.15. The van der Waals surface area contributed by atoms with E-state index in [0.717, 1.165) is 40.3 Å². The van der Waals surface area contributed by atoms with E-state index in [1.165, 1.54) is 0 Å². The number of hydrogen-bond acceptors (Lipinski definition) is 4. The highest BCUT2D eigenvalue weighted by molar-refractivity contribution is 14.1. The van der Waals surface area contributed by atoms with Gasteiger partial charge in [0.1, 0.15) is 4.99 Å². The van der Waals surface area contributed by atoms with Crippen LogP contribution >= 0.6 is 34.8 Å². The van der Waals surface area contributed by atoms with Crippen LogP contribution < -0.4 is 4.74 Å². The third-order valence-electron chi connectivity index (χ3n) is 3.37. The number of phenols is 1. The number of likely N-dealkylation sites (N-methyl/N-ethyl adjacent to an activating group) is 1. The van der Waals surface area contributed by atoms with Crippen molar-refractivity contribution in [2.45, 2.75) is 6.92 Å². The van der Waals surface area contributed by atoms with Crippen LogP contribution in [0.2, 0.25) is 0 Å². The van der Waals surface area contributed by atoms with Gasteiger partial charge in [0.15, 0.2) is 11.5 Å². The summed E-state index contributed by atoms with van der Waals surface area (Å²) in [6.45, 7) is 6.35. The number of aromatic hydroxyl groups is 1. The molecule has 1 heterocycles. The fraction of sp³-hybridized carbons (Fsp3) is 0.500. The first-order chi connectivity index (χ1) is 9.52. The monoisotopic (exact) mass is 406 g/mol. The molecule has 0 saturated carbocycles. The Morgan fingerprint density at radius 2 is 2.00 bits per heavy atom. The molecule has 0 bridgehead atoms. The molecule has 6 heteroatoms. The summed E-state index contributed by atoms with van der Waals surface area (Å²) in [5.74, 6) is 0.697. The lowest BCUT2D eigenvalue weighted by Crippen LogP contribution is -2.46. The molecule has 0 spiro atoms. The summed E-state index contributed by atoms with van der Waals surface area (Å²) in [7, 11) is 2.12. The van der Waals surface area contributed by atoms with Crippen molar-refractivity contribution in [1.29, 1.82) is 0 Å². The Morgan fingerprint density at radius 1 is 1.35 bits per heavy atom. The topological polar surface area (TPSA) is 35.9 Å². The van der Waals surface area contributed by atoms with Gasteiger partial charge in [0, 0.05) is 31.7 Å². The van der Waals surface area contributed by atoms with E-state index in [4.69, 9.17) is 17.0 Å². The number of hydrogen-bond donors (Lipinski definition) is 1. The Morgan fingerprint density at radius 3 is 2.60 bits per heavy atom. The van der Waals surface area contributed by atoms with Gasteiger partial charge in [0.05, 0.1) is 10.2 Å². The lowest BCUT2D eigenvalue weighted by molar-refractivity contribution is 0.218. The van der Waals surface area contributed by atoms with Crippen molar-refractivity contribution >= 4 is 39.8 Å². The van der Waals surface area contributed by atoms with Gasteiger partial charge in [-0.1, -0.05) is 12.2 Å². The second kappa shape index (κ2) is 6.91. The Labute approximate surface area is 138 Å². The first kappa shape index (κ1) is 15.8. The van der Waals surface area contributed by atoms with Gasteiger partial charge in [0.25, 0.3) is 0 Å². The van der Waals surface area contributed by atoms with Crippen LogP contribution in [0, 0.1) is 3.57 Å². The van der Waals surface area contributed by atoms with E-state index in [9.17, 15) is 5.11 Å². The van der Waals surface area contributed by atoms with Crippen molar-refractivity contribution in [3.05, 3.63) is 21.3 Å². The van der Waals surface area contributed by atoms with E-state index in [1.54, 1.807) is 0 Å². The van der Waals surface area contributed by atoms with Crippen LogP contribution in [-0.2, 0) is 0 Å². The van der Waals surface area contributed by atoms with Crippen molar-refractivity contribution in [1.82, 2.24) is 9.80 Å². The van der Waals surface area contributed by atoms with Crippen molar-refractivity contribution in [3.63, 3.8) is 0 Å². The molecule has 1 aromatic rings. The number of rotatable bonds is 3. The minimum Gasteiger partial charge on any atom is -0.504 e. The summed E-state index contributed by atoms with van der Waals surface area (Å²) in [4.78, 5) is 5.34. The second-order valence-electron chi connectivity index (χ2n) is 4.83. The summed E-state index contributed by atoms with van der Waals surface area (Å²) in [6.07, 6.45) is 0. The molecule has 0 amide bonds. The van der Waals surface area contributed by atoms with E-state index in [2.05, 4.69) is 39.4 Å². The predicted octanol–water partition coefficient (Wildman–Crippen LogP) is 2.32. The Bertz CT molecular complexity index is 502. The molecule has 0 radical (unpaired) electrons. The maximum atomic E-state index is 9.98. The molecule has 1 aliphatic rings. The van der Waals surface area contributed by atoms with Crippen molar-refractivity contribution in [2.24, 2.45) is 0 Å². The standard InChI is InChI=1S/C14H19IN2O2S/c1-3-19-12-9-10(8-11(15)13(12)18)14(20)17-6-4-16(2)5-7-17/h8-9,18H,3-7H2,1-2H3. The number of thiocarbonyl (C=S) groups is 1. The zero-order chi connectivity index (χ0) is 14.7. The molecule has 110 valence electrons. The largest absolute Gasteiger partial charge is 0.504 e. The van der Waals surface area contributed by atoms with Crippen molar-refractivity contribution in [2.75, 3.05) is 39.8 Å². The number of ether oxygens (including phenoxy) is 1. The molecule has 1 aromatic carbocycles. The zero-order valence-electron chi connectivity index (χ0n) is 11.7.